The van der Waals surface area contributed by atoms with Gasteiger partial charge in [0.15, 0.2) is 0 Å². The normalized spacial score (nSPS) is 12.9. The summed E-state index contributed by atoms with van der Waals surface area (Å²) >= 11 is 0. The van der Waals surface area contributed by atoms with E-state index in [-0.39, 0.29) is 5.41 Å². The van der Waals surface area contributed by atoms with Crippen molar-refractivity contribution in [3.63, 3.8) is 0 Å². The zero-order valence-corrected chi connectivity index (χ0v) is 42.8. The highest BCUT2D eigenvalue weighted by molar-refractivity contribution is 6.25. The number of benzene rings is 10. The average Bonchev–Trinajstić information content (AvgIpc) is 4.02. The molecule has 0 fully saturated rings. The number of para-hydroxylation sites is 2. The fraction of sp³-hybridized carbons (Fsp3) is 0.0845. The van der Waals surface area contributed by atoms with Gasteiger partial charge in [-0.05, 0) is 128 Å². The van der Waals surface area contributed by atoms with Crippen LogP contribution in [-0.4, -0.2) is 16.1 Å². The minimum Gasteiger partial charge on any atom is -0.457 e. The predicted octanol–water partition coefficient (Wildman–Crippen LogP) is 19.3. The summed E-state index contributed by atoms with van der Waals surface area (Å²) in [5, 5.41) is 9.28. The molecule has 0 bridgehead atoms. The molecule has 0 unspecified atom stereocenters. The number of ether oxygens (including phenoxy) is 1. The van der Waals surface area contributed by atoms with Gasteiger partial charge >= 0.3 is 0 Å². The Bertz CT molecular complexity index is 4530. The van der Waals surface area contributed by atoms with Crippen molar-refractivity contribution in [3.05, 3.63) is 242 Å². The van der Waals surface area contributed by atoms with Gasteiger partial charge in [-0.3, -0.25) is 4.40 Å². The van der Waals surface area contributed by atoms with Crippen LogP contribution in [0.25, 0.3) is 104 Å². The van der Waals surface area contributed by atoms with Gasteiger partial charge in [0.1, 0.15) is 23.8 Å². The number of rotatable bonds is 5. The molecule has 5 heterocycles. The first kappa shape index (κ1) is 44.1. The smallest absolute Gasteiger partial charge is 0.145 e. The number of hydrogen-bond acceptors (Lipinski definition) is 4. The van der Waals surface area contributed by atoms with E-state index in [4.69, 9.17) is 9.72 Å². The average molecular weight is 977 g/mol. The zero-order chi connectivity index (χ0) is 50.8. The molecule has 0 N–H and O–H groups in total. The summed E-state index contributed by atoms with van der Waals surface area (Å²) in [6, 6.07) is 82.2. The second-order valence-electron chi connectivity index (χ2n) is 21.6. The lowest BCUT2D eigenvalue weighted by atomic mass is 9.83. The molecule has 13 aromatic rings. The third-order valence-electron chi connectivity index (χ3n) is 16.0. The van der Waals surface area contributed by atoms with Crippen LogP contribution in [0, 0.1) is 6.92 Å². The van der Waals surface area contributed by atoms with Crippen molar-refractivity contribution in [1.82, 2.24) is 9.38 Å². The fourth-order valence-corrected chi connectivity index (χ4v) is 12.5. The van der Waals surface area contributed by atoms with E-state index in [1.54, 1.807) is 0 Å². The van der Waals surface area contributed by atoms with Crippen molar-refractivity contribution < 1.29 is 4.74 Å². The SMILES string of the molecule is Cc1cc(-c2ccccc2)c(N2CN3c4cc(Oc5ccc6c7cccc8c9ccccc9c9ccccc9c9cccnc9n(c6c5)c87)ccc4-c4cc(C(C)(C)C)ccc4-c4cccc2c43)c(-c2ccccc2)c1. The highest BCUT2D eigenvalue weighted by Gasteiger charge is 2.38. The van der Waals surface area contributed by atoms with E-state index < -0.39 is 0 Å². The molecule has 0 saturated heterocycles. The third-order valence-corrected chi connectivity index (χ3v) is 16.0. The minimum atomic E-state index is -0.0433. The van der Waals surface area contributed by atoms with Gasteiger partial charge < -0.3 is 14.5 Å². The van der Waals surface area contributed by atoms with Gasteiger partial charge in [0.05, 0.1) is 33.8 Å². The van der Waals surface area contributed by atoms with Gasteiger partial charge in [-0.2, -0.15) is 0 Å². The molecule has 2 aliphatic heterocycles. The van der Waals surface area contributed by atoms with Gasteiger partial charge in [0, 0.05) is 62.1 Å². The lowest BCUT2D eigenvalue weighted by Crippen LogP contribution is -2.25. The van der Waals surface area contributed by atoms with Gasteiger partial charge in [0.2, 0.25) is 0 Å². The van der Waals surface area contributed by atoms with Crippen molar-refractivity contribution in [2.75, 3.05) is 16.5 Å². The molecule has 0 spiro atoms. The van der Waals surface area contributed by atoms with Crippen LogP contribution in [0.3, 0.4) is 0 Å². The first-order valence-electron chi connectivity index (χ1n) is 26.4. The van der Waals surface area contributed by atoms with E-state index in [9.17, 15) is 0 Å². The van der Waals surface area contributed by atoms with Crippen LogP contribution in [0.1, 0.15) is 31.9 Å². The second kappa shape index (κ2) is 16.8. The Hall–Kier alpha value is -9.45. The summed E-state index contributed by atoms with van der Waals surface area (Å²) < 4.78 is 9.56. The van der Waals surface area contributed by atoms with Crippen molar-refractivity contribution in [2.45, 2.75) is 33.1 Å². The number of aromatic nitrogens is 2. The lowest BCUT2D eigenvalue weighted by Gasteiger charge is -2.28. The molecule has 10 aromatic carbocycles. The number of nitrogens with zero attached hydrogens (tertiary/aromatic N) is 4. The second-order valence-corrected chi connectivity index (χ2v) is 21.6. The minimum absolute atomic E-state index is 0.0433. The van der Waals surface area contributed by atoms with Crippen molar-refractivity contribution in [3.8, 4) is 56.0 Å². The Morgan fingerprint density at radius 3 is 1.67 bits per heavy atom. The summed E-state index contributed by atoms with van der Waals surface area (Å²) in [5.41, 5.74) is 19.8. The molecular weight excluding hydrogens is 925 g/mol. The summed E-state index contributed by atoms with van der Waals surface area (Å²) in [7, 11) is 0. The Labute approximate surface area is 441 Å². The number of pyridine rings is 1. The number of hydrogen-bond donors (Lipinski definition) is 0. The lowest BCUT2D eigenvalue weighted by molar-refractivity contribution is 0.483. The highest BCUT2D eigenvalue weighted by atomic mass is 16.5. The van der Waals surface area contributed by atoms with E-state index in [2.05, 4.69) is 266 Å². The third kappa shape index (κ3) is 6.75. The number of aryl methyl sites for hydroxylation is 1. The Morgan fingerprint density at radius 2 is 0.974 bits per heavy atom. The molecule has 15 rings (SSSR count). The van der Waals surface area contributed by atoms with Crippen LogP contribution in [0.2, 0.25) is 0 Å². The Balaban J connectivity index is 0.945. The summed E-state index contributed by atoms with van der Waals surface area (Å²) in [5.74, 6) is 1.51. The monoisotopic (exact) mass is 976 g/mol. The van der Waals surface area contributed by atoms with E-state index in [0.717, 1.165) is 55.4 Å². The Kier molecular flexibility index (Phi) is 9.74. The van der Waals surface area contributed by atoms with Gasteiger partial charge in [-0.1, -0.05) is 172 Å². The molecule has 0 saturated carbocycles. The largest absolute Gasteiger partial charge is 0.457 e. The quantitative estimate of drug-likeness (QED) is 0.172. The summed E-state index contributed by atoms with van der Waals surface area (Å²) in [4.78, 5) is 10.3. The van der Waals surface area contributed by atoms with Gasteiger partial charge in [0.25, 0.3) is 0 Å². The first-order chi connectivity index (χ1) is 37.2. The molecule has 3 aromatic heterocycles. The van der Waals surface area contributed by atoms with Crippen LogP contribution in [-0.2, 0) is 5.41 Å². The van der Waals surface area contributed by atoms with Crippen LogP contribution in [0.15, 0.2) is 231 Å². The van der Waals surface area contributed by atoms with Crippen molar-refractivity contribution in [2.24, 2.45) is 0 Å². The fourth-order valence-electron chi connectivity index (χ4n) is 12.5. The molecule has 5 heteroatoms. The number of fused-ring (bicyclic) bond motifs is 15. The van der Waals surface area contributed by atoms with Crippen LogP contribution in [0.4, 0.5) is 22.7 Å². The van der Waals surface area contributed by atoms with Crippen LogP contribution >= 0.6 is 0 Å². The van der Waals surface area contributed by atoms with E-state index in [0.29, 0.717) is 6.67 Å². The van der Waals surface area contributed by atoms with Crippen LogP contribution < -0.4 is 14.5 Å². The molecule has 5 nitrogen and oxygen atoms in total. The first-order valence-corrected chi connectivity index (χ1v) is 26.4. The Morgan fingerprint density at radius 1 is 0.408 bits per heavy atom. The molecular formula is C71H52N4O. The van der Waals surface area contributed by atoms with Crippen LogP contribution in [0.5, 0.6) is 11.5 Å². The summed E-state index contributed by atoms with van der Waals surface area (Å²) in [6.07, 6.45) is 1.91. The van der Waals surface area contributed by atoms with E-state index in [1.807, 2.05) is 6.20 Å². The maximum absolute atomic E-state index is 7.19. The molecule has 76 heavy (non-hydrogen) atoms. The van der Waals surface area contributed by atoms with Gasteiger partial charge in [-0.25, -0.2) is 4.98 Å². The standard InChI is InChI=1S/C71H52N4O/c1-44-38-61(45-18-7-5-8-19-45)67(62(39-44)46-20-9-6-10-21-46)73-43-74-65-41-48(33-36-56(65)63-40-47(71(2,3)4)31-34-54(63)58-28-16-30-64(73)69(58)74)76-49-32-35-55-59-27-15-26-57-52-24-13-11-22-50(52)51-23-12-14-25-53(51)60-29-17-37-72-70(60)75(68(57)59)66(55)42-49/h5-42H,43H2,1-4H3. The van der Waals surface area contributed by atoms with E-state index >= 15 is 0 Å². The number of anilines is 4. The molecule has 2 aliphatic rings. The predicted molar refractivity (Wildman–Crippen MR) is 319 cm³/mol. The molecule has 362 valence electrons. The van der Waals surface area contributed by atoms with Crippen molar-refractivity contribution >= 4 is 82.5 Å². The molecule has 0 aliphatic carbocycles. The van der Waals surface area contributed by atoms with Gasteiger partial charge in [-0.15, -0.1) is 0 Å². The maximum Gasteiger partial charge on any atom is 0.145 e. The maximum atomic E-state index is 7.19. The molecule has 0 atom stereocenters. The molecule has 0 radical (unpaired) electrons. The molecule has 0 amide bonds. The summed E-state index contributed by atoms with van der Waals surface area (Å²) in [6.45, 7) is 9.71. The topological polar surface area (TPSA) is 33.0 Å². The van der Waals surface area contributed by atoms with E-state index in [1.165, 1.54) is 94.2 Å². The highest BCUT2D eigenvalue weighted by Crippen LogP contribution is 2.58. The zero-order valence-electron chi connectivity index (χ0n) is 42.8. The van der Waals surface area contributed by atoms with Crippen molar-refractivity contribution in [1.29, 1.82) is 0 Å².